The molecule has 0 fully saturated rings. The first-order chi connectivity index (χ1) is 10.4. The number of methoxy groups -OCH3 is 1. The summed E-state index contributed by atoms with van der Waals surface area (Å²) in [6.45, 7) is 1.76. The van der Waals surface area contributed by atoms with Crippen LogP contribution < -0.4 is 4.74 Å². The van der Waals surface area contributed by atoms with Gasteiger partial charge in [0, 0.05) is 13.1 Å². The molecular formula is C16H18FNO3S. The zero-order valence-corrected chi connectivity index (χ0v) is 13.5. The van der Waals surface area contributed by atoms with E-state index >= 15 is 0 Å². The zero-order valence-electron chi connectivity index (χ0n) is 12.7. The molecular weight excluding hydrogens is 305 g/mol. The molecule has 4 nitrogen and oxygen atoms in total. The lowest BCUT2D eigenvalue weighted by Gasteiger charge is -2.24. The van der Waals surface area contributed by atoms with Crippen LogP contribution in [0.25, 0.3) is 0 Å². The van der Waals surface area contributed by atoms with Gasteiger partial charge in [-0.25, -0.2) is 12.8 Å². The fourth-order valence-corrected chi connectivity index (χ4v) is 3.42. The van der Waals surface area contributed by atoms with Crippen LogP contribution >= 0.6 is 0 Å². The fraction of sp³-hybridized carbons (Fsp3) is 0.250. The summed E-state index contributed by atoms with van der Waals surface area (Å²) in [6.07, 6.45) is 0. The summed E-state index contributed by atoms with van der Waals surface area (Å²) in [5, 5.41) is 0. The Kier molecular flexibility index (Phi) is 4.83. The maximum Gasteiger partial charge on any atom is 0.243 e. The molecule has 0 saturated carbocycles. The van der Waals surface area contributed by atoms with Crippen molar-refractivity contribution in [3.05, 3.63) is 59.9 Å². The van der Waals surface area contributed by atoms with Crippen molar-refractivity contribution in [1.82, 2.24) is 4.31 Å². The van der Waals surface area contributed by atoms with E-state index in [1.54, 1.807) is 31.2 Å². The first kappa shape index (κ1) is 16.5. The van der Waals surface area contributed by atoms with Crippen LogP contribution in [0.4, 0.5) is 4.39 Å². The summed E-state index contributed by atoms with van der Waals surface area (Å²) in [6, 6.07) is 11.6. The van der Waals surface area contributed by atoms with Gasteiger partial charge < -0.3 is 4.74 Å². The first-order valence-corrected chi connectivity index (χ1v) is 8.18. The molecule has 0 aliphatic heterocycles. The molecule has 1 atom stereocenters. The van der Waals surface area contributed by atoms with E-state index in [1.165, 1.54) is 42.7 Å². The Hall–Kier alpha value is -1.92. The minimum absolute atomic E-state index is 0.185. The van der Waals surface area contributed by atoms with E-state index in [0.717, 1.165) is 5.56 Å². The maximum atomic E-state index is 13.0. The van der Waals surface area contributed by atoms with E-state index in [1.807, 2.05) is 0 Å². The number of nitrogens with zero attached hydrogens (tertiary/aromatic N) is 1. The molecule has 118 valence electrons. The van der Waals surface area contributed by atoms with Crippen LogP contribution in [0, 0.1) is 5.82 Å². The lowest BCUT2D eigenvalue weighted by atomic mass is 10.1. The topological polar surface area (TPSA) is 46.6 Å². The molecule has 0 amide bonds. The Balaban J connectivity index is 2.29. The van der Waals surface area contributed by atoms with Gasteiger partial charge in [-0.15, -0.1) is 0 Å². The molecule has 6 heteroatoms. The number of hydrogen-bond acceptors (Lipinski definition) is 3. The number of hydrogen-bond donors (Lipinski definition) is 0. The Morgan fingerprint density at radius 3 is 2.09 bits per heavy atom. The largest absolute Gasteiger partial charge is 0.497 e. The second kappa shape index (κ2) is 6.46. The van der Waals surface area contributed by atoms with Gasteiger partial charge >= 0.3 is 0 Å². The number of ether oxygens (including phenoxy) is 1. The molecule has 2 aromatic carbocycles. The van der Waals surface area contributed by atoms with Crippen molar-refractivity contribution in [3.63, 3.8) is 0 Å². The average Bonchev–Trinajstić information content (AvgIpc) is 2.54. The average molecular weight is 323 g/mol. The summed E-state index contributed by atoms with van der Waals surface area (Å²) < 4.78 is 44.5. The van der Waals surface area contributed by atoms with E-state index in [9.17, 15) is 12.8 Å². The highest BCUT2D eigenvalue weighted by Crippen LogP contribution is 2.26. The van der Waals surface area contributed by atoms with E-state index in [0.29, 0.717) is 5.75 Å². The van der Waals surface area contributed by atoms with Crippen LogP contribution in [0.15, 0.2) is 53.4 Å². The maximum absolute atomic E-state index is 13.0. The Labute approximate surface area is 130 Å². The number of benzene rings is 2. The molecule has 0 unspecified atom stereocenters. The summed E-state index contributed by atoms with van der Waals surface area (Å²) in [4.78, 5) is 0.185. The van der Waals surface area contributed by atoms with Gasteiger partial charge in [0.15, 0.2) is 0 Å². The van der Waals surface area contributed by atoms with E-state index in [2.05, 4.69) is 0 Å². The van der Waals surface area contributed by atoms with Gasteiger partial charge in [-0.05, 0) is 48.9 Å². The van der Waals surface area contributed by atoms with Gasteiger partial charge in [0.1, 0.15) is 11.6 Å². The van der Waals surface area contributed by atoms with Gasteiger partial charge in [-0.2, -0.15) is 4.31 Å². The van der Waals surface area contributed by atoms with E-state index in [4.69, 9.17) is 4.74 Å². The highest BCUT2D eigenvalue weighted by Gasteiger charge is 2.26. The molecule has 2 rings (SSSR count). The third-order valence-electron chi connectivity index (χ3n) is 3.63. The van der Waals surface area contributed by atoms with Crippen molar-refractivity contribution in [1.29, 1.82) is 0 Å². The molecule has 22 heavy (non-hydrogen) atoms. The van der Waals surface area contributed by atoms with Crippen LogP contribution in [0.1, 0.15) is 18.5 Å². The van der Waals surface area contributed by atoms with Gasteiger partial charge in [0.25, 0.3) is 0 Å². The highest BCUT2D eigenvalue weighted by atomic mass is 32.2. The quantitative estimate of drug-likeness (QED) is 0.849. The second-order valence-electron chi connectivity index (χ2n) is 4.92. The molecule has 0 aliphatic carbocycles. The monoisotopic (exact) mass is 323 g/mol. The summed E-state index contributed by atoms with van der Waals surface area (Å²) in [5.41, 5.74) is 0.723. The number of halogens is 1. The summed E-state index contributed by atoms with van der Waals surface area (Å²) in [5.74, 6) is 0.241. The molecule has 2 aromatic rings. The molecule has 0 aliphatic rings. The summed E-state index contributed by atoms with van der Waals surface area (Å²) >= 11 is 0. The molecule has 0 aromatic heterocycles. The SMILES string of the molecule is COc1ccc(S(=O)(=O)N(C)[C@@H](C)c2ccc(F)cc2)cc1. The third kappa shape index (κ3) is 3.28. The van der Waals surface area contributed by atoms with Crippen LogP contribution in [0.5, 0.6) is 5.75 Å². The number of sulfonamides is 1. The van der Waals surface area contributed by atoms with E-state index in [-0.39, 0.29) is 10.7 Å². The van der Waals surface area contributed by atoms with Crippen molar-refractivity contribution in [2.24, 2.45) is 0 Å². The normalized spacial score (nSPS) is 13.1. The van der Waals surface area contributed by atoms with Crippen molar-refractivity contribution >= 4 is 10.0 Å². The highest BCUT2D eigenvalue weighted by molar-refractivity contribution is 7.89. The third-order valence-corrected chi connectivity index (χ3v) is 5.58. The minimum atomic E-state index is -3.64. The molecule has 0 bridgehead atoms. The van der Waals surface area contributed by atoms with Gasteiger partial charge in [0.05, 0.1) is 12.0 Å². The number of rotatable bonds is 5. The Morgan fingerprint density at radius 2 is 1.59 bits per heavy atom. The zero-order chi connectivity index (χ0) is 16.3. The van der Waals surface area contributed by atoms with Gasteiger partial charge in [0.2, 0.25) is 10.0 Å². The van der Waals surface area contributed by atoms with Crippen LogP contribution in [0.3, 0.4) is 0 Å². The second-order valence-corrected chi connectivity index (χ2v) is 6.92. The minimum Gasteiger partial charge on any atom is -0.497 e. The first-order valence-electron chi connectivity index (χ1n) is 6.74. The molecule has 0 radical (unpaired) electrons. The van der Waals surface area contributed by atoms with Crippen LogP contribution in [-0.2, 0) is 10.0 Å². The van der Waals surface area contributed by atoms with E-state index < -0.39 is 16.1 Å². The van der Waals surface area contributed by atoms with Gasteiger partial charge in [-0.1, -0.05) is 12.1 Å². The molecule has 0 saturated heterocycles. The van der Waals surface area contributed by atoms with Gasteiger partial charge in [-0.3, -0.25) is 0 Å². The standard InChI is InChI=1S/C16H18FNO3S/c1-12(13-4-6-14(17)7-5-13)18(2)22(19,20)16-10-8-15(21-3)9-11-16/h4-12H,1-3H3/t12-/m0/s1. The molecule has 0 N–H and O–H groups in total. The molecule has 0 heterocycles. The van der Waals surface area contributed by atoms with Crippen molar-refractivity contribution in [2.45, 2.75) is 17.9 Å². The van der Waals surface area contributed by atoms with Crippen LogP contribution in [-0.4, -0.2) is 26.9 Å². The lowest BCUT2D eigenvalue weighted by Crippen LogP contribution is -2.29. The predicted octanol–water partition coefficient (Wildman–Crippen LogP) is 3.22. The fourth-order valence-electron chi connectivity index (χ4n) is 2.07. The summed E-state index contributed by atoms with van der Waals surface area (Å²) in [7, 11) is -0.610. The van der Waals surface area contributed by atoms with Crippen LogP contribution in [0.2, 0.25) is 0 Å². The Bertz CT molecular complexity index is 727. The lowest BCUT2D eigenvalue weighted by molar-refractivity contribution is 0.397. The van der Waals surface area contributed by atoms with Crippen molar-refractivity contribution in [2.75, 3.05) is 14.2 Å². The van der Waals surface area contributed by atoms with Crippen molar-refractivity contribution in [3.8, 4) is 5.75 Å². The molecule has 0 spiro atoms. The predicted molar refractivity (Wildman–Crippen MR) is 82.8 cm³/mol. The Morgan fingerprint density at radius 1 is 1.05 bits per heavy atom. The van der Waals surface area contributed by atoms with Crippen molar-refractivity contribution < 1.29 is 17.5 Å². The smallest absolute Gasteiger partial charge is 0.243 e.